The maximum Gasteiger partial charge on any atom is 0.133 e. The van der Waals surface area contributed by atoms with Crippen LogP contribution >= 0.6 is 0 Å². The normalized spacial score (nSPS) is 10.4. The summed E-state index contributed by atoms with van der Waals surface area (Å²) in [5.41, 5.74) is 1.77. The van der Waals surface area contributed by atoms with Crippen LogP contribution in [0.2, 0.25) is 0 Å². The van der Waals surface area contributed by atoms with Gasteiger partial charge in [-0.2, -0.15) is 0 Å². The van der Waals surface area contributed by atoms with Crippen LogP contribution < -0.4 is 10.1 Å². The van der Waals surface area contributed by atoms with E-state index in [0.29, 0.717) is 18.0 Å². The third-order valence-electron chi connectivity index (χ3n) is 2.52. The minimum atomic E-state index is -0.305. The molecule has 18 heavy (non-hydrogen) atoms. The van der Waals surface area contributed by atoms with Gasteiger partial charge in [-0.05, 0) is 31.7 Å². The van der Waals surface area contributed by atoms with Gasteiger partial charge in [0.25, 0.3) is 0 Å². The Kier molecular flexibility index (Phi) is 3.89. The lowest BCUT2D eigenvalue weighted by molar-refractivity contribution is 0.471. The summed E-state index contributed by atoms with van der Waals surface area (Å²) in [6.07, 6.45) is 1.68. The van der Waals surface area contributed by atoms with Crippen molar-refractivity contribution in [2.75, 3.05) is 7.05 Å². The first-order valence-electron chi connectivity index (χ1n) is 5.72. The molecule has 0 aliphatic rings. The fourth-order valence-electron chi connectivity index (χ4n) is 1.61. The molecular formula is C14H15FN2O. The Morgan fingerprint density at radius 1 is 1.28 bits per heavy atom. The van der Waals surface area contributed by atoms with Crippen LogP contribution in [0.25, 0.3) is 0 Å². The Morgan fingerprint density at radius 2 is 2.11 bits per heavy atom. The highest BCUT2D eigenvalue weighted by Crippen LogP contribution is 2.25. The lowest BCUT2D eigenvalue weighted by Gasteiger charge is -2.09. The van der Waals surface area contributed by atoms with Crippen LogP contribution in [0.3, 0.4) is 0 Å². The van der Waals surface area contributed by atoms with E-state index in [9.17, 15) is 4.39 Å². The number of ether oxygens (including phenoxy) is 1. The van der Waals surface area contributed by atoms with E-state index in [0.717, 1.165) is 11.3 Å². The van der Waals surface area contributed by atoms with E-state index < -0.39 is 0 Å². The summed E-state index contributed by atoms with van der Waals surface area (Å²) in [4.78, 5) is 4.19. The number of aryl methyl sites for hydroxylation is 1. The molecular weight excluding hydrogens is 231 g/mol. The number of pyridine rings is 1. The van der Waals surface area contributed by atoms with Gasteiger partial charge in [0.05, 0.1) is 5.69 Å². The van der Waals surface area contributed by atoms with Crippen LogP contribution in [0.5, 0.6) is 11.5 Å². The molecule has 0 bridgehead atoms. The molecule has 3 nitrogen and oxygen atoms in total. The molecule has 2 aromatic rings. The second kappa shape index (κ2) is 5.60. The van der Waals surface area contributed by atoms with Crippen molar-refractivity contribution in [3.63, 3.8) is 0 Å². The molecule has 0 atom stereocenters. The van der Waals surface area contributed by atoms with Crippen molar-refractivity contribution in [2.24, 2.45) is 0 Å². The number of hydrogen-bond acceptors (Lipinski definition) is 3. The van der Waals surface area contributed by atoms with Crippen molar-refractivity contribution < 1.29 is 9.13 Å². The van der Waals surface area contributed by atoms with Crippen LogP contribution in [0.4, 0.5) is 4.39 Å². The van der Waals surface area contributed by atoms with Crippen LogP contribution in [0.15, 0.2) is 36.5 Å². The number of nitrogens with one attached hydrogen (secondary N) is 1. The fraction of sp³-hybridized carbons (Fsp3) is 0.214. The van der Waals surface area contributed by atoms with Gasteiger partial charge in [-0.15, -0.1) is 0 Å². The van der Waals surface area contributed by atoms with Crippen molar-refractivity contribution in [2.45, 2.75) is 13.5 Å². The molecule has 0 aliphatic heterocycles. The van der Waals surface area contributed by atoms with Crippen molar-refractivity contribution in [3.05, 3.63) is 53.6 Å². The van der Waals surface area contributed by atoms with Crippen molar-refractivity contribution in [1.82, 2.24) is 10.3 Å². The Bertz CT molecular complexity index is 543. The molecule has 0 amide bonds. The molecule has 0 saturated carbocycles. The largest absolute Gasteiger partial charge is 0.457 e. The van der Waals surface area contributed by atoms with Gasteiger partial charge in [0.1, 0.15) is 17.3 Å². The van der Waals surface area contributed by atoms with E-state index in [2.05, 4.69) is 10.3 Å². The van der Waals surface area contributed by atoms with Crippen molar-refractivity contribution in [1.29, 1.82) is 0 Å². The third kappa shape index (κ3) is 3.05. The zero-order valence-electron chi connectivity index (χ0n) is 10.4. The molecule has 0 spiro atoms. The molecule has 0 unspecified atom stereocenters. The zero-order chi connectivity index (χ0) is 13.0. The van der Waals surface area contributed by atoms with Gasteiger partial charge in [-0.3, -0.25) is 4.98 Å². The first-order chi connectivity index (χ1) is 8.69. The molecule has 4 heteroatoms. The van der Waals surface area contributed by atoms with Crippen molar-refractivity contribution >= 4 is 0 Å². The fourth-order valence-corrected chi connectivity index (χ4v) is 1.61. The number of aromatic nitrogens is 1. The highest BCUT2D eigenvalue weighted by atomic mass is 19.1. The first-order valence-corrected chi connectivity index (χ1v) is 5.72. The molecule has 1 heterocycles. The monoisotopic (exact) mass is 246 g/mol. The summed E-state index contributed by atoms with van der Waals surface area (Å²) in [5, 5.41) is 3.02. The summed E-state index contributed by atoms with van der Waals surface area (Å²) in [6, 6.07) is 8.08. The van der Waals surface area contributed by atoms with Gasteiger partial charge in [-0.25, -0.2) is 4.39 Å². The van der Waals surface area contributed by atoms with E-state index in [1.54, 1.807) is 18.3 Å². The minimum Gasteiger partial charge on any atom is -0.457 e. The van der Waals surface area contributed by atoms with Gasteiger partial charge in [0.2, 0.25) is 0 Å². The Labute approximate surface area is 106 Å². The Morgan fingerprint density at radius 3 is 2.89 bits per heavy atom. The number of benzene rings is 1. The summed E-state index contributed by atoms with van der Waals surface area (Å²) in [7, 11) is 1.85. The van der Waals surface area contributed by atoms with E-state index in [-0.39, 0.29) is 5.82 Å². The maximum absolute atomic E-state index is 13.1. The quantitative estimate of drug-likeness (QED) is 0.900. The lowest BCUT2D eigenvalue weighted by atomic mass is 10.2. The topological polar surface area (TPSA) is 34.1 Å². The van der Waals surface area contributed by atoms with Gasteiger partial charge < -0.3 is 10.1 Å². The second-order valence-corrected chi connectivity index (χ2v) is 4.03. The van der Waals surface area contributed by atoms with Gasteiger partial charge in [0.15, 0.2) is 0 Å². The highest BCUT2D eigenvalue weighted by Gasteiger charge is 2.04. The average Bonchev–Trinajstić information content (AvgIpc) is 2.35. The van der Waals surface area contributed by atoms with Crippen molar-refractivity contribution in [3.8, 4) is 11.5 Å². The molecule has 2 rings (SSSR count). The summed E-state index contributed by atoms with van der Waals surface area (Å²) in [5.74, 6) is 0.876. The van der Waals surface area contributed by atoms with E-state index in [1.165, 1.54) is 12.1 Å². The van der Waals surface area contributed by atoms with E-state index in [4.69, 9.17) is 4.74 Å². The van der Waals surface area contributed by atoms with Gasteiger partial charge in [-0.1, -0.05) is 6.07 Å². The maximum atomic E-state index is 13.1. The SMILES string of the molecule is CNCc1cc(Oc2cc(F)ccc2C)ccn1. The van der Waals surface area contributed by atoms with Gasteiger partial charge >= 0.3 is 0 Å². The van der Waals surface area contributed by atoms with Crippen LogP contribution in [0.1, 0.15) is 11.3 Å². The number of hydrogen-bond donors (Lipinski definition) is 1. The Hall–Kier alpha value is -1.94. The standard InChI is InChI=1S/C14H15FN2O/c1-10-3-4-11(15)7-14(10)18-13-5-6-17-12(8-13)9-16-2/h3-8,16H,9H2,1-2H3. The van der Waals surface area contributed by atoms with E-state index in [1.807, 2.05) is 20.0 Å². The molecule has 1 aromatic carbocycles. The van der Waals surface area contributed by atoms with Crippen LogP contribution in [0, 0.1) is 12.7 Å². The summed E-state index contributed by atoms with van der Waals surface area (Å²) in [6.45, 7) is 2.55. The zero-order valence-corrected chi connectivity index (χ0v) is 10.4. The molecule has 0 aliphatic carbocycles. The third-order valence-corrected chi connectivity index (χ3v) is 2.52. The molecule has 0 fully saturated rings. The summed E-state index contributed by atoms with van der Waals surface area (Å²) >= 11 is 0. The second-order valence-electron chi connectivity index (χ2n) is 4.03. The summed E-state index contributed by atoms with van der Waals surface area (Å²) < 4.78 is 18.8. The lowest BCUT2D eigenvalue weighted by Crippen LogP contribution is -2.06. The van der Waals surface area contributed by atoms with E-state index >= 15 is 0 Å². The highest BCUT2D eigenvalue weighted by molar-refractivity contribution is 5.37. The minimum absolute atomic E-state index is 0.305. The Balaban J connectivity index is 2.22. The predicted molar refractivity (Wildman–Crippen MR) is 68.2 cm³/mol. The first kappa shape index (κ1) is 12.5. The molecule has 0 saturated heterocycles. The predicted octanol–water partition coefficient (Wildman–Crippen LogP) is 3.04. The van der Waals surface area contributed by atoms with Crippen LogP contribution in [-0.2, 0) is 6.54 Å². The van der Waals surface area contributed by atoms with Gasteiger partial charge in [0, 0.05) is 24.9 Å². The molecule has 1 N–H and O–H groups in total. The number of halogens is 1. The molecule has 0 radical (unpaired) electrons. The number of nitrogens with zero attached hydrogens (tertiary/aromatic N) is 1. The van der Waals surface area contributed by atoms with Crippen LogP contribution in [-0.4, -0.2) is 12.0 Å². The average molecular weight is 246 g/mol. The molecule has 94 valence electrons. The molecule has 1 aromatic heterocycles. The smallest absolute Gasteiger partial charge is 0.133 e. The number of rotatable bonds is 4.